The van der Waals surface area contributed by atoms with Crippen LogP contribution in [0.25, 0.3) is 0 Å². The Balaban J connectivity index is 0.00000220. The zero-order chi connectivity index (χ0) is 14.4. The first-order chi connectivity index (χ1) is 9.72. The number of carbonyl (C=O) groups excluding carboxylic acids is 1. The SMILES string of the molecule is CNCCC1CCN(C(C)C(=O)N2CCCCC2)CC1.Cl. The number of carbonyl (C=O) groups is 1. The highest BCUT2D eigenvalue weighted by Gasteiger charge is 2.29. The van der Waals surface area contributed by atoms with Crippen molar-refractivity contribution < 1.29 is 4.79 Å². The van der Waals surface area contributed by atoms with Crippen LogP contribution in [0.4, 0.5) is 0 Å². The highest BCUT2D eigenvalue weighted by Crippen LogP contribution is 2.22. The van der Waals surface area contributed by atoms with E-state index in [2.05, 4.69) is 22.0 Å². The maximum atomic E-state index is 12.5. The van der Waals surface area contributed by atoms with Gasteiger partial charge in [-0.1, -0.05) is 0 Å². The van der Waals surface area contributed by atoms with Crippen LogP contribution in [0.15, 0.2) is 0 Å². The molecule has 1 N–H and O–H groups in total. The third-order valence-electron chi connectivity index (χ3n) is 5.02. The Morgan fingerprint density at radius 3 is 2.33 bits per heavy atom. The lowest BCUT2D eigenvalue weighted by molar-refractivity contribution is -0.137. The fraction of sp³-hybridized carbons (Fsp3) is 0.938. The van der Waals surface area contributed by atoms with Crippen molar-refractivity contribution in [3.8, 4) is 0 Å². The van der Waals surface area contributed by atoms with E-state index >= 15 is 0 Å². The van der Waals surface area contributed by atoms with Gasteiger partial charge in [-0.25, -0.2) is 0 Å². The molecule has 0 aliphatic carbocycles. The molecule has 0 aromatic carbocycles. The number of hydrogen-bond donors (Lipinski definition) is 1. The minimum atomic E-state index is 0. The van der Waals surface area contributed by atoms with Crippen LogP contribution in [0.5, 0.6) is 0 Å². The van der Waals surface area contributed by atoms with E-state index in [1.165, 1.54) is 38.5 Å². The minimum Gasteiger partial charge on any atom is -0.341 e. The van der Waals surface area contributed by atoms with Crippen molar-refractivity contribution in [3.05, 3.63) is 0 Å². The van der Waals surface area contributed by atoms with E-state index in [1.54, 1.807) is 0 Å². The van der Waals surface area contributed by atoms with Crippen molar-refractivity contribution in [1.82, 2.24) is 15.1 Å². The number of hydrogen-bond acceptors (Lipinski definition) is 3. The van der Waals surface area contributed by atoms with Crippen molar-refractivity contribution in [3.63, 3.8) is 0 Å². The summed E-state index contributed by atoms with van der Waals surface area (Å²) in [7, 11) is 2.02. The van der Waals surface area contributed by atoms with Crippen molar-refractivity contribution >= 4 is 18.3 Å². The molecular formula is C16H32ClN3O. The Labute approximate surface area is 136 Å². The van der Waals surface area contributed by atoms with Gasteiger partial charge in [0.05, 0.1) is 6.04 Å². The number of likely N-dealkylation sites (tertiary alicyclic amines) is 2. The average Bonchev–Trinajstić information content (AvgIpc) is 2.53. The maximum Gasteiger partial charge on any atom is 0.239 e. The van der Waals surface area contributed by atoms with Crippen LogP contribution in [-0.4, -0.2) is 61.5 Å². The Morgan fingerprint density at radius 1 is 1.14 bits per heavy atom. The van der Waals surface area contributed by atoms with E-state index in [-0.39, 0.29) is 18.4 Å². The number of amides is 1. The van der Waals surface area contributed by atoms with Crippen LogP contribution in [0.1, 0.15) is 45.4 Å². The second-order valence-corrected chi connectivity index (χ2v) is 6.43. The van der Waals surface area contributed by atoms with Crippen LogP contribution in [0.2, 0.25) is 0 Å². The monoisotopic (exact) mass is 317 g/mol. The quantitative estimate of drug-likeness (QED) is 0.844. The molecule has 1 amide bonds. The lowest BCUT2D eigenvalue weighted by Gasteiger charge is -2.38. The first kappa shape index (κ1) is 18.7. The Kier molecular flexibility index (Phi) is 8.60. The molecule has 1 atom stereocenters. The third kappa shape index (κ3) is 5.42. The molecule has 2 aliphatic heterocycles. The van der Waals surface area contributed by atoms with Gasteiger partial charge in [0.2, 0.25) is 5.91 Å². The van der Waals surface area contributed by atoms with Crippen molar-refractivity contribution in [1.29, 1.82) is 0 Å². The number of rotatable bonds is 5. The van der Waals surface area contributed by atoms with Gasteiger partial charge in [-0.2, -0.15) is 0 Å². The third-order valence-corrected chi connectivity index (χ3v) is 5.02. The fourth-order valence-corrected chi connectivity index (χ4v) is 3.51. The first-order valence-electron chi connectivity index (χ1n) is 8.40. The highest BCUT2D eigenvalue weighted by atomic mass is 35.5. The van der Waals surface area contributed by atoms with E-state index in [0.29, 0.717) is 5.91 Å². The van der Waals surface area contributed by atoms with Gasteiger partial charge in [-0.05, 0) is 78.0 Å². The second-order valence-electron chi connectivity index (χ2n) is 6.43. The van der Waals surface area contributed by atoms with E-state index < -0.39 is 0 Å². The predicted molar refractivity (Wildman–Crippen MR) is 90.0 cm³/mol. The summed E-state index contributed by atoms with van der Waals surface area (Å²) in [6.45, 7) is 7.35. The Bertz CT molecular complexity index is 300. The largest absolute Gasteiger partial charge is 0.341 e. The normalized spacial score (nSPS) is 22.7. The summed E-state index contributed by atoms with van der Waals surface area (Å²) in [6.07, 6.45) is 7.43. The summed E-state index contributed by atoms with van der Waals surface area (Å²) < 4.78 is 0. The summed E-state index contributed by atoms with van der Waals surface area (Å²) in [6, 6.07) is 0.0818. The topological polar surface area (TPSA) is 35.6 Å². The standard InChI is InChI=1S/C16H31N3O.ClH/c1-14(16(20)19-10-4-3-5-11-19)18-12-7-15(8-13-18)6-9-17-2;/h14-15,17H,3-13H2,1-2H3;1H. The molecule has 0 radical (unpaired) electrons. The fourth-order valence-electron chi connectivity index (χ4n) is 3.51. The molecule has 2 fully saturated rings. The number of piperidine rings is 2. The lowest BCUT2D eigenvalue weighted by atomic mass is 9.92. The van der Waals surface area contributed by atoms with E-state index in [4.69, 9.17) is 0 Å². The van der Waals surface area contributed by atoms with Crippen molar-refractivity contribution in [2.24, 2.45) is 5.92 Å². The van der Waals surface area contributed by atoms with Crippen LogP contribution in [0.3, 0.4) is 0 Å². The van der Waals surface area contributed by atoms with Crippen LogP contribution >= 0.6 is 12.4 Å². The van der Waals surface area contributed by atoms with Gasteiger partial charge < -0.3 is 10.2 Å². The summed E-state index contributed by atoms with van der Waals surface area (Å²) in [5.41, 5.74) is 0. The molecule has 2 aliphatic rings. The molecule has 21 heavy (non-hydrogen) atoms. The summed E-state index contributed by atoms with van der Waals surface area (Å²) >= 11 is 0. The van der Waals surface area contributed by atoms with Gasteiger partial charge in [-0.15, -0.1) is 12.4 Å². The van der Waals surface area contributed by atoms with Crippen molar-refractivity contribution in [2.45, 2.75) is 51.5 Å². The average molecular weight is 318 g/mol. The second kappa shape index (κ2) is 9.65. The Morgan fingerprint density at radius 2 is 1.76 bits per heavy atom. The number of nitrogens with zero attached hydrogens (tertiary/aromatic N) is 2. The number of nitrogens with one attached hydrogen (secondary N) is 1. The molecule has 124 valence electrons. The van der Waals surface area contributed by atoms with Gasteiger partial charge in [0, 0.05) is 13.1 Å². The highest BCUT2D eigenvalue weighted by molar-refractivity contribution is 5.85. The zero-order valence-corrected chi connectivity index (χ0v) is 14.5. The molecule has 2 heterocycles. The van der Waals surface area contributed by atoms with Crippen LogP contribution in [-0.2, 0) is 4.79 Å². The molecule has 2 rings (SSSR count). The van der Waals surface area contributed by atoms with Gasteiger partial charge in [0.15, 0.2) is 0 Å². The van der Waals surface area contributed by atoms with E-state index in [1.807, 2.05) is 7.05 Å². The molecule has 0 bridgehead atoms. The smallest absolute Gasteiger partial charge is 0.239 e. The molecule has 5 heteroatoms. The van der Waals surface area contributed by atoms with E-state index in [0.717, 1.165) is 38.6 Å². The van der Waals surface area contributed by atoms with Gasteiger partial charge in [0.25, 0.3) is 0 Å². The summed E-state index contributed by atoms with van der Waals surface area (Å²) in [4.78, 5) is 17.0. The van der Waals surface area contributed by atoms with Gasteiger partial charge in [0.1, 0.15) is 0 Å². The first-order valence-corrected chi connectivity index (χ1v) is 8.40. The molecule has 0 aromatic heterocycles. The van der Waals surface area contributed by atoms with E-state index in [9.17, 15) is 4.79 Å². The maximum absolute atomic E-state index is 12.5. The van der Waals surface area contributed by atoms with Crippen LogP contribution in [0, 0.1) is 5.92 Å². The minimum absolute atomic E-state index is 0. The molecule has 0 saturated carbocycles. The molecule has 0 spiro atoms. The lowest BCUT2D eigenvalue weighted by Crippen LogP contribution is -2.50. The summed E-state index contributed by atoms with van der Waals surface area (Å²) in [5.74, 6) is 1.20. The predicted octanol–water partition coefficient (Wildman–Crippen LogP) is 2.13. The Hall–Kier alpha value is -0.320. The van der Waals surface area contributed by atoms with Crippen molar-refractivity contribution in [2.75, 3.05) is 39.8 Å². The summed E-state index contributed by atoms with van der Waals surface area (Å²) in [5, 5.41) is 3.24. The molecule has 1 unspecified atom stereocenters. The molecule has 2 saturated heterocycles. The van der Waals surface area contributed by atoms with Gasteiger partial charge >= 0.3 is 0 Å². The molecule has 4 nitrogen and oxygen atoms in total. The molecule has 0 aromatic rings. The number of halogens is 1. The van der Waals surface area contributed by atoms with Crippen LogP contribution < -0.4 is 5.32 Å². The molecular weight excluding hydrogens is 286 g/mol. The van der Waals surface area contributed by atoms with Gasteiger partial charge in [-0.3, -0.25) is 9.69 Å². The zero-order valence-electron chi connectivity index (χ0n) is 13.6.